The molecule has 1 atom stereocenters. The third kappa shape index (κ3) is 1.97. The van der Waals surface area contributed by atoms with Gasteiger partial charge in [0.25, 0.3) is 0 Å². The van der Waals surface area contributed by atoms with Gasteiger partial charge in [0.05, 0.1) is 5.54 Å². The van der Waals surface area contributed by atoms with E-state index >= 15 is 0 Å². The number of hydrogen-bond donors (Lipinski definition) is 1. The van der Waals surface area contributed by atoms with Gasteiger partial charge in [-0.25, -0.2) is 0 Å². The monoisotopic (exact) mass is 238 g/mol. The minimum Gasteiger partial charge on any atom is -0.315 e. The van der Waals surface area contributed by atoms with E-state index in [1.807, 2.05) is 12.1 Å². The first kappa shape index (κ1) is 11.9. The molecule has 0 aromatic heterocycles. The van der Waals surface area contributed by atoms with Crippen LogP contribution >= 0.6 is 11.6 Å². The molecule has 1 aromatic carbocycles. The van der Waals surface area contributed by atoms with Crippen molar-refractivity contribution in [1.29, 1.82) is 0 Å². The minimum atomic E-state index is 0.0522. The van der Waals surface area contributed by atoms with E-state index < -0.39 is 0 Å². The summed E-state index contributed by atoms with van der Waals surface area (Å²) in [7, 11) is 4.27. The average molecular weight is 239 g/mol. The zero-order valence-electron chi connectivity index (χ0n) is 9.96. The van der Waals surface area contributed by atoms with Crippen LogP contribution in [0, 0.1) is 0 Å². The predicted octanol–water partition coefficient (Wildman–Crippen LogP) is 2.48. The fourth-order valence-corrected chi connectivity index (χ4v) is 2.89. The smallest absolute Gasteiger partial charge is 0.0596 e. The van der Waals surface area contributed by atoms with E-state index in [2.05, 4.69) is 36.4 Å². The van der Waals surface area contributed by atoms with Crippen LogP contribution in [0.5, 0.6) is 0 Å². The summed E-state index contributed by atoms with van der Waals surface area (Å²) in [5.41, 5.74) is 1.30. The van der Waals surface area contributed by atoms with Gasteiger partial charge >= 0.3 is 0 Å². The van der Waals surface area contributed by atoms with E-state index in [0.717, 1.165) is 24.5 Å². The Kier molecular flexibility index (Phi) is 3.53. The van der Waals surface area contributed by atoms with Crippen molar-refractivity contribution in [2.45, 2.75) is 18.4 Å². The Hall–Kier alpha value is -0.570. The van der Waals surface area contributed by atoms with E-state index in [0.29, 0.717) is 0 Å². The molecule has 1 fully saturated rings. The molecule has 3 heteroatoms. The molecular formula is C13H19ClN2. The first-order chi connectivity index (χ1) is 7.67. The van der Waals surface area contributed by atoms with Crippen molar-refractivity contribution in [3.63, 3.8) is 0 Å². The van der Waals surface area contributed by atoms with Gasteiger partial charge in [0, 0.05) is 11.6 Å². The maximum atomic E-state index is 6.34. The zero-order valence-corrected chi connectivity index (χ0v) is 10.7. The second kappa shape index (κ2) is 4.74. The highest BCUT2D eigenvalue weighted by Crippen LogP contribution is 2.36. The van der Waals surface area contributed by atoms with Crippen molar-refractivity contribution >= 4 is 11.6 Å². The van der Waals surface area contributed by atoms with Gasteiger partial charge in [-0.05, 0) is 45.1 Å². The lowest BCUT2D eigenvalue weighted by Crippen LogP contribution is -2.52. The van der Waals surface area contributed by atoms with Gasteiger partial charge in [0.1, 0.15) is 0 Å². The van der Waals surface area contributed by atoms with Crippen LogP contribution in [-0.4, -0.2) is 32.1 Å². The minimum absolute atomic E-state index is 0.0522. The quantitative estimate of drug-likeness (QED) is 0.852. The number of hydrogen-bond acceptors (Lipinski definition) is 2. The summed E-state index contributed by atoms with van der Waals surface area (Å²) in [5.74, 6) is 0. The molecule has 1 saturated heterocycles. The second-order valence-electron chi connectivity index (χ2n) is 4.69. The summed E-state index contributed by atoms with van der Waals surface area (Å²) in [6.07, 6.45) is 2.36. The van der Waals surface area contributed by atoms with Gasteiger partial charge in [-0.15, -0.1) is 0 Å². The fourth-order valence-electron chi connectivity index (χ4n) is 2.58. The molecule has 0 radical (unpaired) electrons. The summed E-state index contributed by atoms with van der Waals surface area (Å²) >= 11 is 6.34. The lowest BCUT2D eigenvalue weighted by Gasteiger charge is -2.44. The number of rotatable bonds is 2. The van der Waals surface area contributed by atoms with Gasteiger partial charge < -0.3 is 5.32 Å². The van der Waals surface area contributed by atoms with Gasteiger partial charge in [0.15, 0.2) is 0 Å². The van der Waals surface area contributed by atoms with Crippen LogP contribution in [0.2, 0.25) is 5.02 Å². The Balaban J connectivity index is 2.43. The number of likely N-dealkylation sites (N-methyl/N-ethyl adjacent to an activating group) is 1. The Morgan fingerprint density at radius 2 is 2.06 bits per heavy atom. The molecule has 2 nitrogen and oxygen atoms in total. The summed E-state index contributed by atoms with van der Waals surface area (Å²) in [5, 5.41) is 4.36. The van der Waals surface area contributed by atoms with Crippen molar-refractivity contribution in [2.24, 2.45) is 0 Å². The maximum Gasteiger partial charge on any atom is 0.0596 e. The number of benzene rings is 1. The fraction of sp³-hybridized carbons (Fsp3) is 0.538. The molecule has 0 aliphatic carbocycles. The van der Waals surface area contributed by atoms with Gasteiger partial charge in [-0.2, -0.15) is 0 Å². The third-order valence-electron chi connectivity index (χ3n) is 3.59. The van der Waals surface area contributed by atoms with Crippen molar-refractivity contribution < 1.29 is 0 Å². The number of halogens is 1. The van der Waals surface area contributed by atoms with Gasteiger partial charge in [0.2, 0.25) is 0 Å². The summed E-state index contributed by atoms with van der Waals surface area (Å²) in [6.45, 7) is 2.09. The molecule has 2 rings (SSSR count). The normalized spacial score (nSPS) is 26.0. The highest BCUT2D eigenvalue weighted by atomic mass is 35.5. The van der Waals surface area contributed by atoms with Crippen LogP contribution < -0.4 is 5.32 Å². The molecule has 16 heavy (non-hydrogen) atoms. The molecule has 1 aliphatic rings. The third-order valence-corrected chi connectivity index (χ3v) is 3.92. The van der Waals surface area contributed by atoms with E-state index in [1.54, 1.807) is 0 Å². The van der Waals surface area contributed by atoms with Crippen LogP contribution in [0.15, 0.2) is 24.3 Å². The predicted molar refractivity (Wildman–Crippen MR) is 68.9 cm³/mol. The number of piperidine rings is 1. The molecule has 1 aromatic rings. The second-order valence-corrected chi connectivity index (χ2v) is 5.09. The molecule has 1 heterocycles. The van der Waals surface area contributed by atoms with Crippen molar-refractivity contribution in [2.75, 3.05) is 27.2 Å². The van der Waals surface area contributed by atoms with E-state index in [4.69, 9.17) is 11.6 Å². The molecule has 0 spiro atoms. The van der Waals surface area contributed by atoms with Gasteiger partial charge in [-0.3, -0.25) is 4.90 Å². The molecular weight excluding hydrogens is 220 g/mol. The Morgan fingerprint density at radius 3 is 2.62 bits per heavy atom. The Morgan fingerprint density at radius 1 is 1.31 bits per heavy atom. The maximum absolute atomic E-state index is 6.34. The highest BCUT2D eigenvalue weighted by Gasteiger charge is 2.37. The molecule has 1 N–H and O–H groups in total. The standard InChI is InChI=1S/C13H19ClN2/c1-16(2)13(8-5-9-15-10-13)11-6-3-4-7-12(11)14/h3-4,6-7,15H,5,8-10H2,1-2H3. The van der Waals surface area contributed by atoms with Crippen LogP contribution in [0.3, 0.4) is 0 Å². The van der Waals surface area contributed by atoms with Crippen molar-refractivity contribution in [3.05, 3.63) is 34.9 Å². The Labute approximate surface area is 103 Å². The van der Waals surface area contributed by atoms with Gasteiger partial charge in [-0.1, -0.05) is 29.8 Å². The molecule has 1 unspecified atom stereocenters. The molecule has 88 valence electrons. The lowest BCUT2D eigenvalue weighted by molar-refractivity contribution is 0.113. The van der Waals surface area contributed by atoms with E-state index in [1.165, 1.54) is 12.0 Å². The molecule has 1 aliphatic heterocycles. The Bertz CT molecular complexity index is 357. The summed E-state index contributed by atoms with van der Waals surface area (Å²) in [6, 6.07) is 8.19. The first-order valence-corrected chi connectivity index (χ1v) is 6.18. The largest absolute Gasteiger partial charge is 0.315 e. The van der Waals surface area contributed by atoms with Crippen molar-refractivity contribution in [3.8, 4) is 0 Å². The molecule has 0 bridgehead atoms. The summed E-state index contributed by atoms with van der Waals surface area (Å²) in [4.78, 5) is 2.29. The van der Waals surface area contributed by atoms with Crippen molar-refractivity contribution in [1.82, 2.24) is 10.2 Å². The summed E-state index contributed by atoms with van der Waals surface area (Å²) < 4.78 is 0. The van der Waals surface area contributed by atoms with Crippen LogP contribution in [-0.2, 0) is 5.54 Å². The first-order valence-electron chi connectivity index (χ1n) is 5.80. The SMILES string of the molecule is CN(C)C1(c2ccccc2Cl)CCCNC1. The topological polar surface area (TPSA) is 15.3 Å². The molecule has 0 saturated carbocycles. The van der Waals surface area contributed by atoms with Crippen LogP contribution in [0.1, 0.15) is 18.4 Å². The zero-order chi connectivity index (χ0) is 11.6. The van der Waals surface area contributed by atoms with Crippen LogP contribution in [0.4, 0.5) is 0 Å². The molecule has 0 amide bonds. The number of nitrogens with one attached hydrogen (secondary N) is 1. The number of nitrogens with zero attached hydrogens (tertiary/aromatic N) is 1. The highest BCUT2D eigenvalue weighted by molar-refractivity contribution is 6.31. The lowest BCUT2D eigenvalue weighted by atomic mass is 9.82. The average Bonchev–Trinajstić information content (AvgIpc) is 2.30. The van der Waals surface area contributed by atoms with E-state index in [-0.39, 0.29) is 5.54 Å². The van der Waals surface area contributed by atoms with Crippen LogP contribution in [0.25, 0.3) is 0 Å². The van der Waals surface area contributed by atoms with E-state index in [9.17, 15) is 0 Å².